The summed E-state index contributed by atoms with van der Waals surface area (Å²) < 4.78 is 23.1. The molecule has 0 amide bonds. The number of carbonyl (C=O) groups excluding carboxylic acids is 2. The summed E-state index contributed by atoms with van der Waals surface area (Å²) in [6, 6.07) is 0. The highest BCUT2D eigenvalue weighted by Crippen LogP contribution is 2.75. The van der Waals surface area contributed by atoms with Crippen LogP contribution in [-0.2, 0) is 33.3 Å². The summed E-state index contributed by atoms with van der Waals surface area (Å²) in [7, 11) is 0. The number of carboxylic acids is 1. The fraction of sp³-hybridized carbons (Fsp3) is 0.875. The van der Waals surface area contributed by atoms with Crippen LogP contribution in [0.2, 0.25) is 0 Å². The van der Waals surface area contributed by atoms with Crippen LogP contribution in [0.15, 0.2) is 11.6 Å². The first-order valence-corrected chi connectivity index (χ1v) is 19.2. The molecule has 6 aliphatic rings. The van der Waals surface area contributed by atoms with Gasteiger partial charge in [-0.25, -0.2) is 0 Å². The van der Waals surface area contributed by atoms with Crippen LogP contribution in [0.1, 0.15) is 120 Å². The second-order valence-electron chi connectivity index (χ2n) is 18.9. The topological polar surface area (TPSA) is 169 Å². The van der Waals surface area contributed by atoms with E-state index < -0.39 is 77.1 Å². The smallest absolute Gasteiger partial charge is 0.309 e. The van der Waals surface area contributed by atoms with Crippen molar-refractivity contribution in [2.24, 2.45) is 50.2 Å². The van der Waals surface area contributed by atoms with Gasteiger partial charge in [-0.05, 0) is 99.2 Å². The van der Waals surface area contributed by atoms with Crippen LogP contribution in [0.3, 0.4) is 0 Å². The summed E-state index contributed by atoms with van der Waals surface area (Å²) >= 11 is 0. The lowest BCUT2D eigenvalue weighted by Crippen LogP contribution is -2.69. The van der Waals surface area contributed by atoms with Crippen molar-refractivity contribution >= 4 is 17.9 Å². The molecule has 5 aliphatic carbocycles. The number of aliphatic hydroxyl groups excluding tert-OH is 3. The van der Waals surface area contributed by atoms with E-state index in [0.29, 0.717) is 12.8 Å². The number of fused-ring (bicyclic) bond motifs is 7. The molecule has 51 heavy (non-hydrogen) atoms. The van der Waals surface area contributed by atoms with Crippen molar-refractivity contribution in [3.63, 3.8) is 0 Å². The first-order valence-electron chi connectivity index (χ1n) is 19.2. The van der Waals surface area contributed by atoms with Crippen molar-refractivity contribution in [1.82, 2.24) is 0 Å². The van der Waals surface area contributed by atoms with Gasteiger partial charge < -0.3 is 39.4 Å². The molecule has 5 fully saturated rings. The standard InChI is InChI=1S/C40H62O11/c1-21-31(50-22(2)41)32(51-23(3)42)30(45)33(49-21)48-20-37(6)26-12-13-39(8)27(40(26,9)29(44)18-28(37)43)11-10-24-25-19-36(5,34(46)47)15-14-35(25,4)16-17-38(24,39)7/h10,21,25-33,43-45H,11-20H2,1-9H3,(H,46,47). The van der Waals surface area contributed by atoms with Crippen molar-refractivity contribution in [2.75, 3.05) is 6.61 Å². The highest BCUT2D eigenvalue weighted by atomic mass is 16.7. The van der Waals surface area contributed by atoms with Crippen LogP contribution in [0.25, 0.3) is 0 Å². The SMILES string of the molecule is CC(=O)OC1C(C)OC(OCC2(C)C(O)CC(O)C3(C)C2CCC2(C)C3CC=C3C4CC(C)(C(=O)O)CCC4(C)CCC32C)C(O)C1OC(C)=O. The van der Waals surface area contributed by atoms with Gasteiger partial charge in [0.25, 0.3) is 0 Å². The van der Waals surface area contributed by atoms with Gasteiger partial charge in [0.05, 0.1) is 30.3 Å². The highest BCUT2D eigenvalue weighted by molar-refractivity contribution is 5.74. The summed E-state index contributed by atoms with van der Waals surface area (Å²) in [4.78, 5) is 36.3. The Hall–Kier alpha value is -2.05. The Morgan fingerprint density at radius 1 is 0.863 bits per heavy atom. The van der Waals surface area contributed by atoms with Crippen LogP contribution in [0.4, 0.5) is 0 Å². The number of carbonyl (C=O) groups is 3. The lowest BCUT2D eigenvalue weighted by Gasteiger charge is -2.72. The Morgan fingerprint density at radius 2 is 1.49 bits per heavy atom. The van der Waals surface area contributed by atoms with E-state index in [1.165, 1.54) is 19.4 Å². The van der Waals surface area contributed by atoms with Gasteiger partial charge in [-0.2, -0.15) is 0 Å². The minimum Gasteiger partial charge on any atom is -0.481 e. The van der Waals surface area contributed by atoms with Crippen molar-refractivity contribution in [3.8, 4) is 0 Å². The van der Waals surface area contributed by atoms with Crippen LogP contribution in [-0.4, -0.2) is 87.9 Å². The van der Waals surface area contributed by atoms with Crippen molar-refractivity contribution in [3.05, 3.63) is 11.6 Å². The maximum Gasteiger partial charge on any atom is 0.309 e. The first kappa shape index (κ1) is 38.7. The zero-order valence-electron chi connectivity index (χ0n) is 32.1. The number of allylic oxidation sites excluding steroid dienone is 2. The van der Waals surface area contributed by atoms with E-state index in [2.05, 4.69) is 33.8 Å². The summed E-state index contributed by atoms with van der Waals surface area (Å²) in [5.74, 6) is -1.77. The van der Waals surface area contributed by atoms with Gasteiger partial charge in [0.1, 0.15) is 6.10 Å². The van der Waals surface area contributed by atoms with E-state index in [1.807, 2.05) is 13.8 Å². The molecule has 1 heterocycles. The monoisotopic (exact) mass is 718 g/mol. The van der Waals surface area contributed by atoms with Gasteiger partial charge in [-0.3, -0.25) is 14.4 Å². The molecule has 1 aliphatic heterocycles. The molecule has 4 saturated carbocycles. The second-order valence-corrected chi connectivity index (χ2v) is 18.9. The molecule has 11 nitrogen and oxygen atoms in total. The Kier molecular flexibility index (Phi) is 9.69. The maximum atomic E-state index is 12.5. The Labute approximate surface area is 302 Å². The Balaban J connectivity index is 1.29. The molecular weight excluding hydrogens is 656 g/mol. The number of ether oxygens (including phenoxy) is 4. The van der Waals surface area contributed by atoms with Crippen molar-refractivity contribution < 1.29 is 53.8 Å². The second kappa shape index (κ2) is 12.8. The maximum absolute atomic E-state index is 12.5. The van der Waals surface area contributed by atoms with E-state index >= 15 is 0 Å². The molecule has 0 aromatic heterocycles. The first-order chi connectivity index (χ1) is 23.6. The third kappa shape index (κ3) is 5.73. The van der Waals surface area contributed by atoms with E-state index in [4.69, 9.17) is 18.9 Å². The Morgan fingerprint density at radius 3 is 2.12 bits per heavy atom. The zero-order valence-corrected chi connectivity index (χ0v) is 32.1. The molecule has 0 bridgehead atoms. The van der Waals surface area contributed by atoms with Crippen LogP contribution in [0, 0.1) is 50.2 Å². The molecule has 11 heteroatoms. The lowest BCUT2D eigenvalue weighted by molar-refractivity contribution is -0.316. The fourth-order valence-electron chi connectivity index (χ4n) is 12.6. The third-order valence-corrected chi connectivity index (χ3v) is 16.2. The predicted molar refractivity (Wildman–Crippen MR) is 186 cm³/mol. The third-order valence-electron chi connectivity index (χ3n) is 16.2. The molecular formula is C40H62O11. The molecule has 0 radical (unpaired) electrons. The van der Waals surface area contributed by atoms with E-state index in [9.17, 15) is 34.8 Å². The summed E-state index contributed by atoms with van der Waals surface area (Å²) in [6.45, 7) is 17.4. The normalized spacial score (nSPS) is 52.2. The largest absolute Gasteiger partial charge is 0.481 e. The number of aliphatic carboxylic acids is 1. The zero-order chi connectivity index (χ0) is 37.7. The lowest BCUT2D eigenvalue weighted by atomic mass is 9.33. The predicted octanol–water partition coefficient (Wildman–Crippen LogP) is 5.17. The highest BCUT2D eigenvalue weighted by Gasteiger charge is 2.71. The molecule has 16 atom stereocenters. The quantitative estimate of drug-likeness (QED) is 0.211. The van der Waals surface area contributed by atoms with Crippen LogP contribution < -0.4 is 0 Å². The molecule has 4 N–H and O–H groups in total. The molecule has 0 aromatic carbocycles. The van der Waals surface area contributed by atoms with E-state index in [1.54, 1.807) is 6.92 Å². The van der Waals surface area contributed by atoms with E-state index in [-0.39, 0.29) is 47.0 Å². The molecule has 6 rings (SSSR count). The van der Waals surface area contributed by atoms with Gasteiger partial charge in [0.2, 0.25) is 0 Å². The number of hydrogen-bond donors (Lipinski definition) is 4. The van der Waals surface area contributed by atoms with Gasteiger partial charge in [-0.1, -0.05) is 46.3 Å². The van der Waals surface area contributed by atoms with Gasteiger partial charge in [-0.15, -0.1) is 0 Å². The summed E-state index contributed by atoms with van der Waals surface area (Å²) in [6.07, 6.45) is 2.07. The van der Waals surface area contributed by atoms with E-state index in [0.717, 1.165) is 38.5 Å². The fourth-order valence-corrected chi connectivity index (χ4v) is 12.6. The number of hydrogen-bond acceptors (Lipinski definition) is 10. The molecule has 0 aromatic rings. The number of aliphatic hydroxyl groups is 3. The van der Waals surface area contributed by atoms with Crippen molar-refractivity contribution in [2.45, 2.75) is 163 Å². The average Bonchev–Trinajstić information content (AvgIpc) is 3.03. The summed E-state index contributed by atoms with van der Waals surface area (Å²) in [5.41, 5.74) is -0.944. The van der Waals surface area contributed by atoms with Crippen molar-refractivity contribution in [1.29, 1.82) is 0 Å². The number of esters is 2. The van der Waals surface area contributed by atoms with Crippen LogP contribution >= 0.6 is 0 Å². The molecule has 1 saturated heterocycles. The van der Waals surface area contributed by atoms with Gasteiger partial charge >= 0.3 is 17.9 Å². The van der Waals surface area contributed by atoms with Gasteiger partial charge in [0.15, 0.2) is 18.5 Å². The van der Waals surface area contributed by atoms with Crippen LogP contribution in [0.5, 0.6) is 0 Å². The Bertz CT molecular complexity index is 1450. The number of rotatable bonds is 6. The molecule has 0 spiro atoms. The van der Waals surface area contributed by atoms with Gasteiger partial charge in [0, 0.05) is 31.1 Å². The molecule has 288 valence electrons. The molecule has 16 unspecified atom stereocenters. The summed E-state index contributed by atoms with van der Waals surface area (Å²) in [5, 5.41) is 45.3. The average molecular weight is 719 g/mol. The minimum atomic E-state index is -1.45. The minimum absolute atomic E-state index is 0.0244. The number of carboxylic acid groups (broad SMARTS) is 1.